The fraction of sp³-hybridized carbons (Fsp3) is 0.647. The SMILES string of the molecule is CCNc1cc(C)ncc1C(=O)N(CC)CC(CC)CC. The molecule has 0 saturated heterocycles. The number of hydrogen-bond donors (Lipinski definition) is 1. The van der Waals surface area contributed by atoms with E-state index in [9.17, 15) is 4.79 Å². The molecule has 1 rings (SSSR count). The van der Waals surface area contributed by atoms with Gasteiger partial charge in [-0.3, -0.25) is 9.78 Å². The van der Waals surface area contributed by atoms with Crippen LogP contribution in [0, 0.1) is 12.8 Å². The van der Waals surface area contributed by atoms with E-state index < -0.39 is 0 Å². The van der Waals surface area contributed by atoms with Gasteiger partial charge in [-0.15, -0.1) is 0 Å². The lowest BCUT2D eigenvalue weighted by molar-refractivity contribution is 0.0735. The lowest BCUT2D eigenvalue weighted by Crippen LogP contribution is -2.35. The van der Waals surface area contributed by atoms with Gasteiger partial charge in [-0.05, 0) is 32.8 Å². The van der Waals surface area contributed by atoms with Crippen molar-refractivity contribution in [3.63, 3.8) is 0 Å². The number of pyridine rings is 1. The Morgan fingerprint density at radius 1 is 1.29 bits per heavy atom. The van der Waals surface area contributed by atoms with Gasteiger partial charge in [0.15, 0.2) is 0 Å². The lowest BCUT2D eigenvalue weighted by atomic mass is 10.0. The maximum Gasteiger partial charge on any atom is 0.257 e. The smallest absolute Gasteiger partial charge is 0.257 e. The van der Waals surface area contributed by atoms with E-state index in [1.54, 1.807) is 6.20 Å². The van der Waals surface area contributed by atoms with Crippen LogP contribution in [-0.4, -0.2) is 35.4 Å². The molecule has 0 unspecified atom stereocenters. The number of aromatic nitrogens is 1. The molecule has 0 fully saturated rings. The molecule has 1 aromatic heterocycles. The molecule has 0 spiro atoms. The van der Waals surface area contributed by atoms with Gasteiger partial charge in [0.2, 0.25) is 0 Å². The third-order valence-corrected chi connectivity index (χ3v) is 3.94. The van der Waals surface area contributed by atoms with E-state index in [4.69, 9.17) is 0 Å². The Morgan fingerprint density at radius 2 is 1.95 bits per heavy atom. The van der Waals surface area contributed by atoms with E-state index in [1.807, 2.05) is 31.7 Å². The Kier molecular flexibility index (Phi) is 7.20. The highest BCUT2D eigenvalue weighted by atomic mass is 16.2. The highest BCUT2D eigenvalue weighted by Gasteiger charge is 2.20. The molecule has 0 aliphatic rings. The fourth-order valence-electron chi connectivity index (χ4n) is 2.45. The van der Waals surface area contributed by atoms with Crippen molar-refractivity contribution in [3.05, 3.63) is 23.5 Å². The molecule has 1 amide bonds. The predicted octanol–water partition coefficient (Wildman–Crippen LogP) is 3.72. The maximum atomic E-state index is 12.8. The fourth-order valence-corrected chi connectivity index (χ4v) is 2.45. The number of hydrogen-bond acceptors (Lipinski definition) is 3. The van der Waals surface area contributed by atoms with Gasteiger partial charge < -0.3 is 10.2 Å². The maximum absolute atomic E-state index is 12.8. The van der Waals surface area contributed by atoms with Crippen molar-refractivity contribution in [2.45, 2.75) is 47.5 Å². The Hall–Kier alpha value is -1.58. The number of carbonyl (C=O) groups is 1. The Balaban J connectivity index is 2.99. The monoisotopic (exact) mass is 291 g/mol. The summed E-state index contributed by atoms with van der Waals surface area (Å²) < 4.78 is 0. The van der Waals surface area contributed by atoms with Crippen molar-refractivity contribution >= 4 is 11.6 Å². The molecule has 0 aromatic carbocycles. The lowest BCUT2D eigenvalue weighted by Gasteiger charge is -2.26. The molecule has 0 aliphatic heterocycles. The van der Waals surface area contributed by atoms with E-state index in [0.717, 1.165) is 43.9 Å². The van der Waals surface area contributed by atoms with Crippen LogP contribution in [0.2, 0.25) is 0 Å². The molecule has 4 heteroatoms. The largest absolute Gasteiger partial charge is 0.385 e. The second-order valence-electron chi connectivity index (χ2n) is 5.43. The minimum atomic E-state index is 0.0767. The standard InChI is InChI=1S/C17H29N3O/c1-6-14(7-2)12-20(9-4)17(21)15-11-19-13(5)10-16(15)18-8-3/h10-11,14H,6-9,12H2,1-5H3,(H,18,19). The van der Waals surface area contributed by atoms with Crippen molar-refractivity contribution in [2.24, 2.45) is 5.92 Å². The zero-order valence-corrected chi connectivity index (χ0v) is 14.1. The molecule has 0 radical (unpaired) electrons. The summed E-state index contributed by atoms with van der Waals surface area (Å²) in [7, 11) is 0. The van der Waals surface area contributed by atoms with E-state index in [2.05, 4.69) is 24.1 Å². The molecule has 0 bridgehead atoms. The second-order valence-corrected chi connectivity index (χ2v) is 5.43. The third-order valence-electron chi connectivity index (χ3n) is 3.94. The van der Waals surface area contributed by atoms with Crippen LogP contribution >= 0.6 is 0 Å². The van der Waals surface area contributed by atoms with Crippen LogP contribution in [0.1, 0.15) is 56.6 Å². The molecular weight excluding hydrogens is 262 g/mol. The number of amides is 1. The van der Waals surface area contributed by atoms with Gasteiger partial charge in [0.1, 0.15) is 0 Å². The van der Waals surface area contributed by atoms with E-state index in [-0.39, 0.29) is 5.91 Å². The Morgan fingerprint density at radius 3 is 2.48 bits per heavy atom. The number of anilines is 1. The minimum Gasteiger partial charge on any atom is -0.385 e. The van der Waals surface area contributed by atoms with Gasteiger partial charge in [0, 0.05) is 31.5 Å². The second kappa shape index (κ2) is 8.65. The zero-order chi connectivity index (χ0) is 15.8. The topological polar surface area (TPSA) is 45.2 Å². The van der Waals surface area contributed by atoms with Crippen LogP contribution < -0.4 is 5.32 Å². The van der Waals surface area contributed by atoms with Crippen molar-refractivity contribution in [3.8, 4) is 0 Å². The van der Waals surface area contributed by atoms with E-state index in [0.29, 0.717) is 11.5 Å². The third kappa shape index (κ3) is 4.73. The summed E-state index contributed by atoms with van der Waals surface area (Å²) in [5.74, 6) is 0.641. The molecule has 0 aliphatic carbocycles. The molecule has 4 nitrogen and oxygen atoms in total. The number of nitrogens with one attached hydrogen (secondary N) is 1. The van der Waals surface area contributed by atoms with Gasteiger partial charge in [0.25, 0.3) is 5.91 Å². The predicted molar refractivity (Wildman–Crippen MR) is 88.8 cm³/mol. The molecule has 21 heavy (non-hydrogen) atoms. The van der Waals surface area contributed by atoms with Crippen molar-refractivity contribution in [1.82, 2.24) is 9.88 Å². The average molecular weight is 291 g/mol. The summed E-state index contributed by atoms with van der Waals surface area (Å²) in [6.07, 6.45) is 3.91. The average Bonchev–Trinajstić information content (AvgIpc) is 2.48. The first-order chi connectivity index (χ1) is 10.1. The quantitative estimate of drug-likeness (QED) is 0.794. The summed E-state index contributed by atoms with van der Waals surface area (Å²) in [5.41, 5.74) is 2.48. The summed E-state index contributed by atoms with van der Waals surface area (Å²) in [6, 6.07) is 1.95. The highest BCUT2D eigenvalue weighted by molar-refractivity contribution is 5.99. The number of aryl methyl sites for hydroxylation is 1. The minimum absolute atomic E-state index is 0.0767. The summed E-state index contributed by atoms with van der Waals surface area (Å²) in [5, 5.41) is 3.27. The Labute approximate surface area is 129 Å². The van der Waals surface area contributed by atoms with E-state index >= 15 is 0 Å². The van der Waals surface area contributed by atoms with Crippen LogP contribution in [0.4, 0.5) is 5.69 Å². The number of nitrogens with zero attached hydrogens (tertiary/aromatic N) is 2. The summed E-state index contributed by atoms with van der Waals surface area (Å²) in [6.45, 7) is 12.7. The van der Waals surface area contributed by atoms with Gasteiger partial charge in [-0.25, -0.2) is 0 Å². The molecule has 1 N–H and O–H groups in total. The molecule has 0 saturated carbocycles. The number of rotatable bonds is 8. The van der Waals surface area contributed by atoms with Crippen molar-refractivity contribution in [2.75, 3.05) is 25.0 Å². The van der Waals surface area contributed by atoms with Crippen molar-refractivity contribution in [1.29, 1.82) is 0 Å². The first-order valence-electron chi connectivity index (χ1n) is 8.06. The van der Waals surface area contributed by atoms with Gasteiger partial charge in [0.05, 0.1) is 11.3 Å². The van der Waals surface area contributed by atoms with Gasteiger partial charge in [-0.1, -0.05) is 26.7 Å². The first-order valence-corrected chi connectivity index (χ1v) is 8.06. The van der Waals surface area contributed by atoms with Crippen molar-refractivity contribution < 1.29 is 4.79 Å². The van der Waals surface area contributed by atoms with Gasteiger partial charge >= 0.3 is 0 Å². The molecule has 1 heterocycles. The van der Waals surface area contributed by atoms with Gasteiger partial charge in [-0.2, -0.15) is 0 Å². The Bertz CT molecular complexity index is 455. The summed E-state index contributed by atoms with van der Waals surface area (Å²) >= 11 is 0. The van der Waals surface area contributed by atoms with Crippen LogP contribution in [0.3, 0.4) is 0 Å². The number of carbonyl (C=O) groups excluding carboxylic acids is 1. The molecule has 1 aromatic rings. The summed E-state index contributed by atoms with van der Waals surface area (Å²) in [4.78, 5) is 19.0. The van der Waals surface area contributed by atoms with Crippen LogP contribution in [0.15, 0.2) is 12.3 Å². The van der Waals surface area contributed by atoms with E-state index in [1.165, 1.54) is 0 Å². The molecule has 118 valence electrons. The first kappa shape index (κ1) is 17.5. The van der Waals surface area contributed by atoms with Crippen LogP contribution in [-0.2, 0) is 0 Å². The zero-order valence-electron chi connectivity index (χ0n) is 14.1. The van der Waals surface area contributed by atoms with Crippen LogP contribution in [0.5, 0.6) is 0 Å². The highest BCUT2D eigenvalue weighted by Crippen LogP contribution is 2.19. The molecule has 0 atom stereocenters. The molecular formula is C17H29N3O. The van der Waals surface area contributed by atoms with Crippen LogP contribution in [0.25, 0.3) is 0 Å². The normalized spacial score (nSPS) is 10.8.